The molecule has 1 aliphatic carbocycles. The highest BCUT2D eigenvalue weighted by molar-refractivity contribution is 4.83. The molecule has 1 aliphatic rings. The van der Waals surface area contributed by atoms with E-state index in [-0.39, 0.29) is 0 Å². The van der Waals surface area contributed by atoms with Crippen LogP contribution in [-0.2, 0) is 0 Å². The van der Waals surface area contributed by atoms with Gasteiger partial charge >= 0.3 is 0 Å². The van der Waals surface area contributed by atoms with Gasteiger partial charge in [-0.2, -0.15) is 0 Å². The summed E-state index contributed by atoms with van der Waals surface area (Å²) in [6.07, 6.45) is 6.21. The molecule has 1 fully saturated rings. The Balaban J connectivity index is 2.40. The molecule has 0 amide bonds. The van der Waals surface area contributed by atoms with E-state index in [1.165, 1.54) is 25.7 Å². The highest BCUT2D eigenvalue weighted by atomic mass is 15.1. The second-order valence-electron chi connectivity index (χ2n) is 6.38. The van der Waals surface area contributed by atoms with Crippen LogP contribution in [0, 0.1) is 5.92 Å². The molecule has 0 aromatic carbocycles. The van der Waals surface area contributed by atoms with E-state index in [2.05, 4.69) is 38.2 Å². The van der Waals surface area contributed by atoms with Crippen molar-refractivity contribution in [3.05, 3.63) is 0 Å². The maximum absolute atomic E-state index is 6.05. The summed E-state index contributed by atoms with van der Waals surface area (Å²) in [5.41, 5.74) is 6.05. The van der Waals surface area contributed by atoms with Crippen LogP contribution in [0.1, 0.15) is 46.0 Å². The standard InChI is InChI=1S/C14H31N3/c1-11(2)8-14(10-17(3)4)16-13-7-5-6-12(15)9-13/h11-14,16H,5-10,15H2,1-4H3. The number of nitrogens with zero attached hydrogens (tertiary/aromatic N) is 1. The molecule has 0 heterocycles. The number of hydrogen-bond acceptors (Lipinski definition) is 3. The van der Waals surface area contributed by atoms with Crippen LogP contribution in [0.5, 0.6) is 0 Å². The van der Waals surface area contributed by atoms with Crippen LogP contribution in [0.25, 0.3) is 0 Å². The van der Waals surface area contributed by atoms with Crippen molar-refractivity contribution in [3.8, 4) is 0 Å². The zero-order valence-corrected chi connectivity index (χ0v) is 12.1. The van der Waals surface area contributed by atoms with Gasteiger partial charge in [-0.05, 0) is 45.7 Å². The second-order valence-corrected chi connectivity index (χ2v) is 6.38. The molecular weight excluding hydrogens is 210 g/mol. The molecule has 0 spiro atoms. The second kappa shape index (κ2) is 7.34. The number of rotatable bonds is 6. The fourth-order valence-corrected chi connectivity index (χ4v) is 2.92. The van der Waals surface area contributed by atoms with Crippen LogP contribution < -0.4 is 11.1 Å². The third-order valence-electron chi connectivity index (χ3n) is 3.53. The van der Waals surface area contributed by atoms with Crippen molar-refractivity contribution in [2.75, 3.05) is 20.6 Å². The largest absolute Gasteiger partial charge is 0.328 e. The number of hydrogen-bond donors (Lipinski definition) is 2. The first-order chi connectivity index (χ1) is 7.97. The van der Waals surface area contributed by atoms with Crippen LogP contribution in [0.4, 0.5) is 0 Å². The van der Waals surface area contributed by atoms with E-state index in [4.69, 9.17) is 5.73 Å². The fraction of sp³-hybridized carbons (Fsp3) is 1.00. The maximum atomic E-state index is 6.05. The van der Waals surface area contributed by atoms with Crippen molar-refractivity contribution in [1.82, 2.24) is 10.2 Å². The predicted octanol–water partition coefficient (Wildman–Crippen LogP) is 1.82. The molecule has 0 bridgehead atoms. The SMILES string of the molecule is CC(C)CC(CN(C)C)NC1CCCC(N)C1. The Morgan fingerprint density at radius 2 is 2.00 bits per heavy atom. The summed E-state index contributed by atoms with van der Waals surface area (Å²) in [5, 5.41) is 3.83. The van der Waals surface area contributed by atoms with Crippen LogP contribution in [-0.4, -0.2) is 43.7 Å². The van der Waals surface area contributed by atoms with E-state index in [0.717, 1.165) is 18.9 Å². The first kappa shape index (κ1) is 14.9. The molecule has 1 rings (SSSR count). The highest BCUT2D eigenvalue weighted by Gasteiger charge is 2.22. The molecule has 3 atom stereocenters. The normalized spacial score (nSPS) is 27.7. The van der Waals surface area contributed by atoms with Gasteiger partial charge in [0.25, 0.3) is 0 Å². The fourth-order valence-electron chi connectivity index (χ4n) is 2.92. The lowest BCUT2D eigenvalue weighted by Gasteiger charge is -2.33. The summed E-state index contributed by atoms with van der Waals surface area (Å²) in [7, 11) is 4.31. The minimum Gasteiger partial charge on any atom is -0.328 e. The zero-order chi connectivity index (χ0) is 12.8. The van der Waals surface area contributed by atoms with Gasteiger partial charge in [-0.3, -0.25) is 0 Å². The van der Waals surface area contributed by atoms with Gasteiger partial charge in [-0.25, -0.2) is 0 Å². The Morgan fingerprint density at radius 3 is 2.53 bits per heavy atom. The molecule has 1 saturated carbocycles. The molecule has 3 unspecified atom stereocenters. The van der Waals surface area contributed by atoms with Gasteiger partial charge in [0.05, 0.1) is 0 Å². The van der Waals surface area contributed by atoms with Crippen molar-refractivity contribution in [2.24, 2.45) is 11.7 Å². The Labute approximate surface area is 107 Å². The molecule has 0 aromatic heterocycles. The average molecular weight is 241 g/mol. The summed E-state index contributed by atoms with van der Waals surface area (Å²) in [4.78, 5) is 2.28. The minimum absolute atomic E-state index is 0.417. The molecule has 0 aliphatic heterocycles. The van der Waals surface area contributed by atoms with Gasteiger partial charge in [0.15, 0.2) is 0 Å². The van der Waals surface area contributed by atoms with E-state index in [1.807, 2.05) is 0 Å². The van der Waals surface area contributed by atoms with E-state index in [1.54, 1.807) is 0 Å². The van der Waals surface area contributed by atoms with Crippen molar-refractivity contribution in [1.29, 1.82) is 0 Å². The van der Waals surface area contributed by atoms with Gasteiger partial charge in [0.2, 0.25) is 0 Å². The van der Waals surface area contributed by atoms with Crippen molar-refractivity contribution >= 4 is 0 Å². The summed E-state index contributed by atoms with van der Waals surface area (Å²) in [6.45, 7) is 5.73. The minimum atomic E-state index is 0.417. The van der Waals surface area contributed by atoms with Crippen LogP contribution in [0.15, 0.2) is 0 Å². The molecule has 0 saturated heterocycles. The van der Waals surface area contributed by atoms with E-state index in [9.17, 15) is 0 Å². The number of likely N-dealkylation sites (N-methyl/N-ethyl adjacent to an activating group) is 1. The van der Waals surface area contributed by atoms with Crippen molar-refractivity contribution in [2.45, 2.75) is 64.1 Å². The molecule has 3 nitrogen and oxygen atoms in total. The van der Waals surface area contributed by atoms with Crippen LogP contribution >= 0.6 is 0 Å². The molecular formula is C14H31N3. The van der Waals surface area contributed by atoms with Crippen molar-refractivity contribution < 1.29 is 0 Å². The summed E-state index contributed by atoms with van der Waals surface area (Å²) >= 11 is 0. The summed E-state index contributed by atoms with van der Waals surface area (Å²) in [5.74, 6) is 0.754. The average Bonchev–Trinajstić information content (AvgIpc) is 2.14. The third kappa shape index (κ3) is 6.39. The number of nitrogens with one attached hydrogen (secondary N) is 1. The topological polar surface area (TPSA) is 41.3 Å². The van der Waals surface area contributed by atoms with E-state index in [0.29, 0.717) is 18.1 Å². The van der Waals surface area contributed by atoms with Gasteiger partial charge in [0, 0.05) is 24.7 Å². The van der Waals surface area contributed by atoms with Gasteiger partial charge in [-0.1, -0.05) is 20.3 Å². The summed E-state index contributed by atoms with van der Waals surface area (Å²) in [6, 6.07) is 1.67. The van der Waals surface area contributed by atoms with E-state index < -0.39 is 0 Å². The van der Waals surface area contributed by atoms with Crippen molar-refractivity contribution in [3.63, 3.8) is 0 Å². The lowest BCUT2D eigenvalue weighted by molar-refractivity contribution is 0.251. The Hall–Kier alpha value is -0.120. The predicted molar refractivity (Wildman–Crippen MR) is 75.2 cm³/mol. The molecule has 17 heavy (non-hydrogen) atoms. The van der Waals surface area contributed by atoms with E-state index >= 15 is 0 Å². The smallest absolute Gasteiger partial charge is 0.0199 e. The first-order valence-electron chi connectivity index (χ1n) is 7.13. The Morgan fingerprint density at radius 1 is 1.29 bits per heavy atom. The third-order valence-corrected chi connectivity index (χ3v) is 3.53. The Bertz CT molecular complexity index is 194. The van der Waals surface area contributed by atoms with Crippen LogP contribution in [0.2, 0.25) is 0 Å². The lowest BCUT2D eigenvalue weighted by atomic mass is 9.90. The molecule has 3 N–H and O–H groups in total. The number of nitrogens with two attached hydrogens (primary N) is 1. The van der Waals surface area contributed by atoms with Gasteiger partial charge < -0.3 is 16.0 Å². The highest BCUT2D eigenvalue weighted by Crippen LogP contribution is 2.18. The lowest BCUT2D eigenvalue weighted by Crippen LogP contribution is -2.48. The van der Waals surface area contributed by atoms with Gasteiger partial charge in [0.1, 0.15) is 0 Å². The zero-order valence-electron chi connectivity index (χ0n) is 12.1. The summed E-state index contributed by atoms with van der Waals surface area (Å²) < 4.78 is 0. The first-order valence-corrected chi connectivity index (χ1v) is 7.13. The molecule has 3 heteroatoms. The van der Waals surface area contributed by atoms with Gasteiger partial charge in [-0.15, -0.1) is 0 Å². The maximum Gasteiger partial charge on any atom is 0.0199 e. The molecule has 0 aromatic rings. The quantitative estimate of drug-likeness (QED) is 0.745. The molecule has 0 radical (unpaired) electrons. The molecule has 102 valence electrons. The monoisotopic (exact) mass is 241 g/mol. The van der Waals surface area contributed by atoms with Crippen LogP contribution in [0.3, 0.4) is 0 Å². The Kier molecular flexibility index (Phi) is 6.45.